The van der Waals surface area contributed by atoms with Crippen LogP contribution in [0.1, 0.15) is 20.8 Å². The second-order valence-electron chi connectivity index (χ2n) is 7.00. The molecule has 0 aliphatic carbocycles. The Kier molecular flexibility index (Phi) is 3.94. The van der Waals surface area contributed by atoms with Gasteiger partial charge >= 0.3 is 0 Å². The molecule has 118 valence electrons. The van der Waals surface area contributed by atoms with Gasteiger partial charge in [0.1, 0.15) is 0 Å². The van der Waals surface area contributed by atoms with E-state index in [1.165, 1.54) is 21.8 Å². The van der Waals surface area contributed by atoms with Crippen molar-refractivity contribution in [3.8, 4) is 0 Å². The quantitative estimate of drug-likeness (QED) is 0.384. The second-order valence-corrected chi connectivity index (χ2v) is 13.0. The van der Waals surface area contributed by atoms with Crippen molar-refractivity contribution in [3.05, 3.63) is 45.3 Å². The molecule has 0 N–H and O–H groups in total. The molecule has 1 heterocycles. The Morgan fingerprint density at radius 1 is 0.818 bits per heavy atom. The standard InChI is InChI=1S/C18H21Br2NS/c1-18(2,3)22(4,5)21-16-8-6-12(19)10-14(16)15-11-13(20)7-9-17(15)21/h6-11H,1-5H3. The van der Waals surface area contributed by atoms with Crippen molar-refractivity contribution in [1.82, 2.24) is 3.97 Å². The summed E-state index contributed by atoms with van der Waals surface area (Å²) in [6, 6.07) is 13.2. The Morgan fingerprint density at radius 3 is 1.59 bits per heavy atom. The fourth-order valence-electron chi connectivity index (χ4n) is 2.70. The number of hydrogen-bond acceptors (Lipinski definition) is 0. The molecule has 4 heteroatoms. The molecule has 0 atom stereocenters. The Bertz CT molecular complexity index is 813. The molecular weight excluding hydrogens is 422 g/mol. The number of hydrogen-bond donors (Lipinski definition) is 0. The molecule has 22 heavy (non-hydrogen) atoms. The fraction of sp³-hybridized carbons (Fsp3) is 0.333. The van der Waals surface area contributed by atoms with Gasteiger partial charge in [-0.05, 0) is 48.9 Å². The lowest BCUT2D eigenvalue weighted by Gasteiger charge is -2.46. The first-order valence-corrected chi connectivity index (χ1v) is 11.2. The maximum atomic E-state index is 3.62. The highest BCUT2D eigenvalue weighted by Gasteiger charge is 2.32. The van der Waals surface area contributed by atoms with Gasteiger partial charge in [-0.1, -0.05) is 52.6 Å². The summed E-state index contributed by atoms with van der Waals surface area (Å²) in [5.41, 5.74) is 2.65. The van der Waals surface area contributed by atoms with E-state index in [-0.39, 0.29) is 4.75 Å². The molecular formula is C18H21Br2NS. The van der Waals surface area contributed by atoms with E-state index in [1.807, 2.05) is 0 Å². The molecule has 0 saturated carbocycles. The Morgan fingerprint density at radius 2 is 1.23 bits per heavy atom. The summed E-state index contributed by atoms with van der Waals surface area (Å²) < 4.78 is 5.06. The van der Waals surface area contributed by atoms with E-state index < -0.39 is 10.2 Å². The van der Waals surface area contributed by atoms with Crippen molar-refractivity contribution >= 4 is 63.9 Å². The van der Waals surface area contributed by atoms with Crippen LogP contribution in [0.2, 0.25) is 0 Å². The number of halogens is 2. The highest BCUT2D eigenvalue weighted by molar-refractivity contribution is 9.10. The predicted molar refractivity (Wildman–Crippen MR) is 109 cm³/mol. The van der Waals surface area contributed by atoms with Crippen LogP contribution < -0.4 is 0 Å². The summed E-state index contributed by atoms with van der Waals surface area (Å²) in [4.78, 5) is 0. The van der Waals surface area contributed by atoms with Crippen molar-refractivity contribution in [2.24, 2.45) is 0 Å². The topological polar surface area (TPSA) is 4.93 Å². The van der Waals surface area contributed by atoms with Crippen LogP contribution in [0, 0.1) is 0 Å². The zero-order valence-corrected chi connectivity index (χ0v) is 17.6. The van der Waals surface area contributed by atoms with Crippen molar-refractivity contribution in [1.29, 1.82) is 0 Å². The number of benzene rings is 2. The number of rotatable bonds is 1. The SMILES string of the molecule is CC(C)(C)S(C)(C)n1c2ccc(Br)cc2c2cc(Br)ccc21. The molecule has 0 bridgehead atoms. The predicted octanol–water partition coefficient (Wildman–Crippen LogP) is 6.95. The van der Waals surface area contributed by atoms with Gasteiger partial charge in [-0.2, -0.15) is 10.2 Å². The third kappa shape index (κ3) is 2.44. The average Bonchev–Trinajstić information content (AvgIpc) is 2.71. The van der Waals surface area contributed by atoms with E-state index in [1.54, 1.807) is 0 Å². The van der Waals surface area contributed by atoms with Gasteiger partial charge in [-0.25, -0.2) is 0 Å². The van der Waals surface area contributed by atoms with Gasteiger partial charge in [0.05, 0.1) is 11.0 Å². The fourth-order valence-corrected chi connectivity index (χ4v) is 5.27. The minimum atomic E-state index is -1.03. The van der Waals surface area contributed by atoms with Crippen molar-refractivity contribution in [3.63, 3.8) is 0 Å². The van der Waals surface area contributed by atoms with Gasteiger partial charge in [-0.3, -0.25) is 0 Å². The number of nitrogens with zero attached hydrogens (tertiary/aromatic N) is 1. The summed E-state index contributed by atoms with van der Waals surface area (Å²) in [6.45, 7) is 7.03. The third-order valence-electron chi connectivity index (χ3n) is 4.60. The summed E-state index contributed by atoms with van der Waals surface area (Å²) in [5.74, 6) is 0. The first-order valence-electron chi connectivity index (χ1n) is 7.25. The third-order valence-corrected chi connectivity index (χ3v) is 9.89. The molecule has 1 aromatic heterocycles. The molecule has 0 spiro atoms. The van der Waals surface area contributed by atoms with E-state index in [4.69, 9.17) is 0 Å². The van der Waals surface area contributed by atoms with Crippen molar-refractivity contribution in [2.45, 2.75) is 25.5 Å². The Labute approximate surface area is 150 Å². The van der Waals surface area contributed by atoms with Crippen LogP contribution >= 0.6 is 42.1 Å². The van der Waals surface area contributed by atoms with Gasteiger partial charge < -0.3 is 3.97 Å². The molecule has 0 aliphatic rings. The normalized spacial score (nSPS) is 14.0. The van der Waals surface area contributed by atoms with E-state index >= 15 is 0 Å². The molecule has 0 fully saturated rings. The van der Waals surface area contributed by atoms with Crippen LogP contribution in [0.15, 0.2) is 45.3 Å². The van der Waals surface area contributed by atoms with Gasteiger partial charge in [0, 0.05) is 24.5 Å². The summed E-state index contributed by atoms with van der Waals surface area (Å²) in [6.07, 6.45) is 4.83. The molecule has 2 aromatic carbocycles. The van der Waals surface area contributed by atoms with Crippen molar-refractivity contribution in [2.75, 3.05) is 12.5 Å². The second kappa shape index (κ2) is 5.29. The molecule has 3 rings (SSSR count). The van der Waals surface area contributed by atoms with E-state index in [0.717, 1.165) is 8.95 Å². The first kappa shape index (κ1) is 16.4. The first-order chi connectivity index (χ1) is 10.1. The van der Waals surface area contributed by atoms with Crippen LogP contribution in [-0.2, 0) is 0 Å². The maximum Gasteiger partial charge on any atom is 0.0588 e. The number of fused-ring (bicyclic) bond motifs is 3. The maximum absolute atomic E-state index is 3.62. The lowest BCUT2D eigenvalue weighted by atomic mass is 10.2. The van der Waals surface area contributed by atoms with Crippen LogP contribution in [0.4, 0.5) is 0 Å². The zero-order chi connectivity index (χ0) is 16.3. The molecule has 0 saturated heterocycles. The lowest BCUT2D eigenvalue weighted by molar-refractivity contribution is 0.782. The van der Waals surface area contributed by atoms with Crippen molar-refractivity contribution < 1.29 is 0 Å². The van der Waals surface area contributed by atoms with Gasteiger partial charge in [0.25, 0.3) is 0 Å². The van der Waals surface area contributed by atoms with E-state index in [9.17, 15) is 0 Å². The smallest absolute Gasteiger partial charge is 0.0588 e. The minimum Gasteiger partial charge on any atom is -0.302 e. The van der Waals surface area contributed by atoms with Gasteiger partial charge in [0.2, 0.25) is 0 Å². The average molecular weight is 443 g/mol. The largest absolute Gasteiger partial charge is 0.302 e. The monoisotopic (exact) mass is 441 g/mol. The van der Waals surface area contributed by atoms with Gasteiger partial charge in [-0.15, -0.1) is 0 Å². The lowest BCUT2D eigenvalue weighted by Crippen LogP contribution is -2.28. The molecule has 1 nitrogen and oxygen atoms in total. The molecule has 3 aromatic rings. The zero-order valence-electron chi connectivity index (χ0n) is 13.6. The molecule has 0 radical (unpaired) electrons. The van der Waals surface area contributed by atoms with Gasteiger partial charge in [0.15, 0.2) is 0 Å². The van der Waals surface area contributed by atoms with Crippen LogP contribution in [-0.4, -0.2) is 21.2 Å². The van der Waals surface area contributed by atoms with Crippen LogP contribution in [0.5, 0.6) is 0 Å². The molecule has 0 amide bonds. The van der Waals surface area contributed by atoms with E-state index in [2.05, 4.69) is 106 Å². The Hall–Kier alpha value is -0.450. The Balaban J connectivity index is 2.52. The van der Waals surface area contributed by atoms with E-state index in [0.29, 0.717) is 0 Å². The highest BCUT2D eigenvalue weighted by Crippen LogP contribution is 2.57. The number of aromatic nitrogens is 1. The summed E-state index contributed by atoms with van der Waals surface area (Å²) >= 11 is 7.24. The minimum absolute atomic E-state index is 0.228. The van der Waals surface area contributed by atoms with Crippen LogP contribution in [0.3, 0.4) is 0 Å². The summed E-state index contributed by atoms with van der Waals surface area (Å²) in [5, 5.41) is 2.63. The molecule has 0 unspecified atom stereocenters. The summed E-state index contributed by atoms with van der Waals surface area (Å²) in [7, 11) is -1.03. The van der Waals surface area contributed by atoms with Crippen LogP contribution in [0.25, 0.3) is 21.8 Å². The highest BCUT2D eigenvalue weighted by atomic mass is 79.9. The molecule has 0 aliphatic heterocycles.